The summed E-state index contributed by atoms with van der Waals surface area (Å²) in [5.74, 6) is 0.705. The van der Waals surface area contributed by atoms with Gasteiger partial charge in [0.1, 0.15) is 11.8 Å². The largest absolute Gasteiger partial charge is 0.346 e. The molecule has 2 N–H and O–H groups in total. The second-order valence-electron chi connectivity index (χ2n) is 5.83. The van der Waals surface area contributed by atoms with Crippen LogP contribution < -0.4 is 10.6 Å². The van der Waals surface area contributed by atoms with Crippen molar-refractivity contribution in [2.45, 2.75) is 13.1 Å². The number of hydrogen-bond acceptors (Lipinski definition) is 4. The topological polar surface area (TPSA) is 77.7 Å². The number of fused-ring (bicyclic) bond motifs is 1. The van der Waals surface area contributed by atoms with Gasteiger partial charge in [-0.05, 0) is 11.1 Å². The molecule has 0 atom stereocenters. The monoisotopic (exact) mass is 331 g/mol. The molecule has 0 fully saturated rings. The van der Waals surface area contributed by atoms with Gasteiger partial charge in [-0.15, -0.1) is 0 Å². The van der Waals surface area contributed by atoms with Crippen molar-refractivity contribution in [2.24, 2.45) is 0 Å². The van der Waals surface area contributed by atoms with E-state index in [1.54, 1.807) is 0 Å². The highest BCUT2D eigenvalue weighted by Crippen LogP contribution is 2.23. The van der Waals surface area contributed by atoms with Crippen LogP contribution in [0.4, 0.5) is 5.82 Å². The Balaban J connectivity index is 1.77. The fraction of sp³-hybridized carbons (Fsp3) is 0.105. The van der Waals surface area contributed by atoms with Gasteiger partial charge in [-0.1, -0.05) is 60.7 Å². The quantitative estimate of drug-likeness (QED) is 0.589. The van der Waals surface area contributed by atoms with Crippen LogP contribution in [0.3, 0.4) is 0 Å². The van der Waals surface area contributed by atoms with Gasteiger partial charge in [-0.3, -0.25) is 4.98 Å². The number of nitrogens with zero attached hydrogens (tertiary/aromatic N) is 3. The number of imidazole rings is 1. The summed E-state index contributed by atoms with van der Waals surface area (Å²) in [6.45, 7) is 1.35. The van der Waals surface area contributed by atoms with Gasteiger partial charge in [0.25, 0.3) is 0 Å². The summed E-state index contributed by atoms with van der Waals surface area (Å²) in [6, 6.07) is 20.4. The molecule has 2 heterocycles. The second kappa shape index (κ2) is 6.60. The van der Waals surface area contributed by atoms with Crippen LogP contribution in [-0.4, -0.2) is 19.9 Å². The summed E-state index contributed by atoms with van der Waals surface area (Å²) in [4.78, 5) is 27.9. The van der Waals surface area contributed by atoms with Crippen molar-refractivity contribution >= 4 is 17.0 Å². The molecular formula is C19H17N5O. The van der Waals surface area contributed by atoms with Crippen molar-refractivity contribution in [3.8, 4) is 0 Å². The van der Waals surface area contributed by atoms with Gasteiger partial charge in [0.2, 0.25) is 0 Å². The van der Waals surface area contributed by atoms with E-state index in [0.29, 0.717) is 30.1 Å². The molecule has 0 radical (unpaired) electrons. The van der Waals surface area contributed by atoms with Crippen LogP contribution >= 0.6 is 0 Å². The summed E-state index contributed by atoms with van der Waals surface area (Å²) in [5.41, 5.74) is 3.20. The lowest BCUT2D eigenvalue weighted by Gasteiger charge is -2.24. The maximum atomic E-state index is 11.7. The summed E-state index contributed by atoms with van der Waals surface area (Å²) >= 11 is 0. The molecule has 0 bridgehead atoms. The summed E-state index contributed by atoms with van der Waals surface area (Å²) < 4.78 is 0. The first kappa shape index (κ1) is 15.1. The molecule has 0 aliphatic heterocycles. The Morgan fingerprint density at radius 1 is 0.800 bits per heavy atom. The molecule has 2 aromatic carbocycles. The fourth-order valence-electron chi connectivity index (χ4n) is 2.89. The molecule has 25 heavy (non-hydrogen) atoms. The van der Waals surface area contributed by atoms with Crippen LogP contribution in [0.1, 0.15) is 11.1 Å². The highest BCUT2D eigenvalue weighted by Gasteiger charge is 2.15. The summed E-state index contributed by atoms with van der Waals surface area (Å²) in [7, 11) is 0. The zero-order valence-electron chi connectivity index (χ0n) is 13.5. The van der Waals surface area contributed by atoms with E-state index in [9.17, 15) is 4.79 Å². The Hall–Kier alpha value is -3.41. The van der Waals surface area contributed by atoms with Crippen LogP contribution in [-0.2, 0) is 13.1 Å². The third-order valence-electron chi connectivity index (χ3n) is 4.03. The molecule has 6 nitrogen and oxygen atoms in total. The van der Waals surface area contributed by atoms with Crippen molar-refractivity contribution in [2.75, 3.05) is 4.90 Å². The lowest BCUT2D eigenvalue weighted by molar-refractivity contribution is 0.785. The number of aromatic nitrogens is 4. The van der Waals surface area contributed by atoms with Crippen LogP contribution in [0.25, 0.3) is 11.2 Å². The molecule has 0 aliphatic rings. The molecule has 0 saturated heterocycles. The Kier molecular flexibility index (Phi) is 4.00. The van der Waals surface area contributed by atoms with Gasteiger partial charge < -0.3 is 9.88 Å². The molecule has 6 heteroatoms. The zero-order valence-corrected chi connectivity index (χ0v) is 13.5. The van der Waals surface area contributed by atoms with Gasteiger partial charge in [0, 0.05) is 13.1 Å². The Morgan fingerprint density at radius 2 is 1.40 bits per heavy atom. The van der Waals surface area contributed by atoms with Crippen LogP contribution in [0.2, 0.25) is 0 Å². The highest BCUT2D eigenvalue weighted by molar-refractivity contribution is 5.82. The maximum absolute atomic E-state index is 11.7. The van der Waals surface area contributed by atoms with Crippen LogP contribution in [0.5, 0.6) is 0 Å². The van der Waals surface area contributed by atoms with Gasteiger partial charge in [-0.25, -0.2) is 14.8 Å². The van der Waals surface area contributed by atoms with Gasteiger partial charge >= 0.3 is 5.69 Å². The lowest BCUT2D eigenvalue weighted by Crippen LogP contribution is -2.23. The standard InChI is InChI=1S/C19H17N5O/c25-19-22-16-17(23-19)20-13-21-18(16)24(11-14-7-3-1-4-8-14)12-15-9-5-2-6-10-15/h1-10,13H,11-12H2,(H2,20,21,22,23,25). The predicted octanol–water partition coefficient (Wildman–Crippen LogP) is 2.85. The molecule has 124 valence electrons. The number of H-pyrrole nitrogens is 2. The average molecular weight is 331 g/mol. The first-order chi connectivity index (χ1) is 12.3. The Morgan fingerprint density at radius 3 is 2.00 bits per heavy atom. The molecule has 0 saturated carbocycles. The molecule has 0 spiro atoms. The first-order valence-corrected chi connectivity index (χ1v) is 8.05. The molecule has 4 rings (SSSR count). The Labute approximate surface area is 144 Å². The van der Waals surface area contributed by atoms with E-state index < -0.39 is 0 Å². The SMILES string of the molecule is O=c1[nH]c2ncnc(N(Cc3ccccc3)Cc3ccccc3)c2[nH]1. The number of anilines is 1. The Bertz CT molecular complexity index is 982. The minimum absolute atomic E-state index is 0.281. The molecule has 4 aromatic rings. The predicted molar refractivity (Wildman–Crippen MR) is 97.3 cm³/mol. The average Bonchev–Trinajstić information content (AvgIpc) is 3.03. The fourth-order valence-corrected chi connectivity index (χ4v) is 2.89. The minimum Gasteiger partial charge on any atom is -0.346 e. The number of hydrogen-bond donors (Lipinski definition) is 2. The molecule has 0 unspecified atom stereocenters. The van der Waals surface area contributed by atoms with Crippen molar-refractivity contribution in [3.63, 3.8) is 0 Å². The number of nitrogens with one attached hydrogen (secondary N) is 2. The third-order valence-corrected chi connectivity index (χ3v) is 4.03. The van der Waals surface area contributed by atoms with Crippen LogP contribution in [0, 0.1) is 0 Å². The lowest BCUT2D eigenvalue weighted by atomic mass is 10.1. The molecule has 2 aromatic heterocycles. The van der Waals surface area contributed by atoms with Gasteiger partial charge in [-0.2, -0.15) is 0 Å². The first-order valence-electron chi connectivity index (χ1n) is 8.05. The number of aromatic amines is 2. The molecule has 0 aliphatic carbocycles. The van der Waals surface area contributed by atoms with E-state index >= 15 is 0 Å². The minimum atomic E-state index is -0.281. The van der Waals surface area contributed by atoms with Crippen molar-refractivity contribution in [3.05, 3.63) is 88.6 Å². The maximum Gasteiger partial charge on any atom is 0.325 e. The third kappa shape index (κ3) is 3.28. The number of benzene rings is 2. The van der Waals surface area contributed by atoms with E-state index in [2.05, 4.69) is 49.1 Å². The summed E-state index contributed by atoms with van der Waals surface area (Å²) in [6.07, 6.45) is 1.48. The summed E-state index contributed by atoms with van der Waals surface area (Å²) in [5, 5.41) is 0. The van der Waals surface area contributed by atoms with Crippen LogP contribution in [0.15, 0.2) is 71.8 Å². The van der Waals surface area contributed by atoms with E-state index in [4.69, 9.17) is 0 Å². The zero-order chi connectivity index (χ0) is 17.1. The smallest absolute Gasteiger partial charge is 0.325 e. The molecule has 0 amide bonds. The van der Waals surface area contributed by atoms with Crippen molar-refractivity contribution in [1.82, 2.24) is 19.9 Å². The normalized spacial score (nSPS) is 10.9. The van der Waals surface area contributed by atoms with Crippen molar-refractivity contribution in [1.29, 1.82) is 0 Å². The molecular weight excluding hydrogens is 314 g/mol. The van der Waals surface area contributed by atoms with E-state index in [0.717, 1.165) is 0 Å². The van der Waals surface area contributed by atoms with Gasteiger partial charge in [0.05, 0.1) is 0 Å². The van der Waals surface area contributed by atoms with Crippen molar-refractivity contribution < 1.29 is 0 Å². The number of rotatable bonds is 5. The van der Waals surface area contributed by atoms with E-state index in [1.807, 2.05) is 36.4 Å². The van der Waals surface area contributed by atoms with E-state index in [1.165, 1.54) is 17.5 Å². The van der Waals surface area contributed by atoms with E-state index in [-0.39, 0.29) is 5.69 Å². The highest BCUT2D eigenvalue weighted by atomic mass is 16.1. The van der Waals surface area contributed by atoms with Gasteiger partial charge in [0.15, 0.2) is 11.5 Å². The second-order valence-corrected chi connectivity index (χ2v) is 5.83.